The molecule has 0 aliphatic carbocycles. The van der Waals surface area contributed by atoms with Crippen LogP contribution in [0, 0.1) is 5.92 Å². The molecule has 6 atom stereocenters. The van der Waals surface area contributed by atoms with Gasteiger partial charge in [-0.15, -0.1) is 0 Å². The van der Waals surface area contributed by atoms with Crippen LogP contribution in [0.5, 0.6) is 0 Å². The lowest BCUT2D eigenvalue weighted by molar-refractivity contribution is -0.0701. The van der Waals surface area contributed by atoms with Crippen molar-refractivity contribution in [1.29, 1.82) is 0 Å². The molecular formula is C18H25ClN4O3S. The van der Waals surface area contributed by atoms with E-state index < -0.39 is 16.3 Å². The van der Waals surface area contributed by atoms with E-state index in [1.807, 2.05) is 0 Å². The Balaban J connectivity index is 1.48. The number of aliphatic hydroxyl groups is 1. The lowest BCUT2D eigenvalue weighted by Gasteiger charge is -2.56. The standard InChI is InChI=1S/C18H25ClN4O3S/c19-11-4-6-13(7-5-11)27(25,26)23-12-2-1-3-15(23)14-10-20-17-9-18(24)21-22(17)16(14)8-12/h4-7,12,14-18,20-21,24H,1-3,8-10H2. The van der Waals surface area contributed by atoms with E-state index in [2.05, 4.69) is 15.8 Å². The fraction of sp³-hybridized carbons (Fsp3) is 0.667. The third-order valence-corrected chi connectivity index (χ3v) is 8.89. The predicted octanol–water partition coefficient (Wildman–Crippen LogP) is 1.10. The second kappa shape index (κ2) is 6.66. The number of halogens is 1. The first kappa shape index (κ1) is 18.3. The lowest BCUT2D eigenvalue weighted by Crippen LogP contribution is -2.71. The molecule has 148 valence electrons. The van der Waals surface area contributed by atoms with Gasteiger partial charge in [-0.05, 0) is 43.5 Å². The number of aliphatic hydroxyl groups excluding tert-OH is 1. The smallest absolute Gasteiger partial charge is 0.243 e. The molecule has 4 heterocycles. The molecule has 0 amide bonds. The Kier molecular flexibility index (Phi) is 4.51. The van der Waals surface area contributed by atoms with Crippen molar-refractivity contribution in [2.75, 3.05) is 6.54 Å². The second-order valence-corrected chi connectivity index (χ2v) is 10.4. The maximum absolute atomic E-state index is 13.5. The van der Waals surface area contributed by atoms with Crippen LogP contribution in [-0.4, -0.2) is 59.9 Å². The molecule has 5 rings (SSSR count). The average Bonchev–Trinajstić information content (AvgIpc) is 3.02. The number of piperidine rings is 2. The van der Waals surface area contributed by atoms with Crippen molar-refractivity contribution in [3.8, 4) is 0 Å². The number of rotatable bonds is 2. The summed E-state index contributed by atoms with van der Waals surface area (Å²) in [5.41, 5.74) is 3.18. The summed E-state index contributed by atoms with van der Waals surface area (Å²) >= 11 is 5.95. The number of nitrogens with zero attached hydrogens (tertiary/aromatic N) is 2. The van der Waals surface area contributed by atoms with Gasteiger partial charge in [0.2, 0.25) is 10.0 Å². The number of hydrogen-bond donors (Lipinski definition) is 3. The third-order valence-electron chi connectivity index (χ3n) is 6.64. The maximum atomic E-state index is 13.5. The highest BCUT2D eigenvalue weighted by Gasteiger charge is 2.55. The average molecular weight is 413 g/mol. The summed E-state index contributed by atoms with van der Waals surface area (Å²) in [7, 11) is -3.56. The van der Waals surface area contributed by atoms with Gasteiger partial charge in [0.1, 0.15) is 6.23 Å². The van der Waals surface area contributed by atoms with Crippen LogP contribution in [0.25, 0.3) is 0 Å². The Morgan fingerprint density at radius 2 is 1.89 bits per heavy atom. The van der Waals surface area contributed by atoms with Gasteiger partial charge in [0.25, 0.3) is 0 Å². The summed E-state index contributed by atoms with van der Waals surface area (Å²) < 4.78 is 28.7. The largest absolute Gasteiger partial charge is 0.377 e. The van der Waals surface area contributed by atoms with Gasteiger partial charge in [0.15, 0.2) is 0 Å². The molecule has 4 aliphatic heterocycles. The molecule has 7 nitrogen and oxygen atoms in total. The molecule has 6 unspecified atom stereocenters. The number of sulfonamides is 1. The summed E-state index contributed by atoms with van der Waals surface area (Å²) in [5.74, 6) is 0.206. The van der Waals surface area contributed by atoms with Crippen molar-refractivity contribution in [3.63, 3.8) is 0 Å². The van der Waals surface area contributed by atoms with E-state index in [1.54, 1.807) is 28.6 Å². The van der Waals surface area contributed by atoms with E-state index in [9.17, 15) is 13.5 Å². The molecule has 9 heteroatoms. The highest BCUT2D eigenvalue weighted by Crippen LogP contribution is 2.44. The monoisotopic (exact) mass is 412 g/mol. The Labute approximate surface area is 164 Å². The number of fused-ring (bicyclic) bond motifs is 6. The minimum Gasteiger partial charge on any atom is -0.377 e. The Hall–Kier alpha value is -0.740. The van der Waals surface area contributed by atoms with Crippen molar-refractivity contribution in [2.24, 2.45) is 5.92 Å². The Bertz CT molecular complexity index is 820. The summed E-state index contributed by atoms with van der Waals surface area (Å²) in [6.07, 6.45) is 3.88. The van der Waals surface area contributed by atoms with Crippen molar-refractivity contribution < 1.29 is 13.5 Å². The maximum Gasteiger partial charge on any atom is 0.243 e. The molecule has 2 bridgehead atoms. The minimum atomic E-state index is -3.56. The van der Waals surface area contributed by atoms with Gasteiger partial charge in [0.05, 0.1) is 11.1 Å². The lowest BCUT2D eigenvalue weighted by atomic mass is 9.74. The van der Waals surface area contributed by atoms with Crippen molar-refractivity contribution >= 4 is 21.6 Å². The fourth-order valence-electron chi connectivity index (χ4n) is 5.54. The highest BCUT2D eigenvalue weighted by atomic mass is 35.5. The van der Waals surface area contributed by atoms with E-state index >= 15 is 0 Å². The van der Waals surface area contributed by atoms with Crippen LogP contribution < -0.4 is 10.7 Å². The molecule has 1 aromatic carbocycles. The first-order chi connectivity index (χ1) is 12.9. The molecular weight excluding hydrogens is 388 g/mol. The molecule has 4 aliphatic rings. The first-order valence-corrected chi connectivity index (χ1v) is 11.5. The summed E-state index contributed by atoms with van der Waals surface area (Å²) in [4.78, 5) is 0.318. The molecule has 27 heavy (non-hydrogen) atoms. The van der Waals surface area contributed by atoms with Crippen molar-refractivity contribution in [1.82, 2.24) is 20.1 Å². The van der Waals surface area contributed by atoms with Crippen LogP contribution >= 0.6 is 11.6 Å². The van der Waals surface area contributed by atoms with Gasteiger partial charge >= 0.3 is 0 Å². The van der Waals surface area contributed by atoms with E-state index in [0.29, 0.717) is 16.3 Å². The number of nitrogens with one attached hydrogen (secondary N) is 2. The Morgan fingerprint density at radius 3 is 2.67 bits per heavy atom. The third kappa shape index (κ3) is 2.93. The highest BCUT2D eigenvalue weighted by molar-refractivity contribution is 7.89. The quantitative estimate of drug-likeness (QED) is 0.674. The second-order valence-electron chi connectivity index (χ2n) is 8.12. The van der Waals surface area contributed by atoms with Crippen LogP contribution in [0.3, 0.4) is 0 Å². The van der Waals surface area contributed by atoms with E-state index in [4.69, 9.17) is 11.6 Å². The molecule has 0 aromatic heterocycles. The summed E-state index contributed by atoms with van der Waals surface area (Å²) in [6, 6.07) is 6.72. The van der Waals surface area contributed by atoms with E-state index in [0.717, 1.165) is 32.2 Å². The molecule has 3 N–H and O–H groups in total. The fourth-order valence-corrected chi connectivity index (χ4v) is 7.59. The van der Waals surface area contributed by atoms with Crippen LogP contribution in [0.4, 0.5) is 0 Å². The van der Waals surface area contributed by atoms with Crippen LogP contribution in [0.1, 0.15) is 32.1 Å². The van der Waals surface area contributed by atoms with Crippen LogP contribution in [-0.2, 0) is 10.0 Å². The van der Waals surface area contributed by atoms with Crippen molar-refractivity contribution in [2.45, 2.75) is 67.5 Å². The SMILES string of the molecule is O=S(=O)(c1ccc(Cl)cc1)N1C2CCCC1C1CNC3CC(O)NN3C1C2. The normalized spacial score (nSPS) is 39.8. The number of hydrazine groups is 1. The van der Waals surface area contributed by atoms with Gasteiger partial charge in [0, 0.05) is 42.0 Å². The van der Waals surface area contributed by atoms with E-state index in [1.165, 1.54) is 0 Å². The zero-order valence-corrected chi connectivity index (χ0v) is 16.5. The zero-order valence-electron chi connectivity index (χ0n) is 15.0. The van der Waals surface area contributed by atoms with Crippen molar-refractivity contribution in [3.05, 3.63) is 29.3 Å². The van der Waals surface area contributed by atoms with Crippen LogP contribution in [0.15, 0.2) is 29.2 Å². The Morgan fingerprint density at radius 1 is 1.11 bits per heavy atom. The number of benzene rings is 1. The molecule has 0 spiro atoms. The zero-order chi connectivity index (χ0) is 18.8. The first-order valence-electron chi connectivity index (χ1n) is 9.70. The van der Waals surface area contributed by atoms with Gasteiger partial charge < -0.3 is 10.4 Å². The molecule has 0 radical (unpaired) electrons. The van der Waals surface area contributed by atoms with Gasteiger partial charge in [-0.3, -0.25) is 0 Å². The predicted molar refractivity (Wildman–Crippen MR) is 101 cm³/mol. The van der Waals surface area contributed by atoms with E-state index in [-0.39, 0.29) is 30.2 Å². The van der Waals surface area contributed by atoms with Crippen LogP contribution in [0.2, 0.25) is 5.02 Å². The number of hydrogen-bond acceptors (Lipinski definition) is 6. The summed E-state index contributed by atoms with van der Waals surface area (Å²) in [5, 5.41) is 16.2. The minimum absolute atomic E-state index is 0.00368. The topological polar surface area (TPSA) is 84.9 Å². The molecule has 4 fully saturated rings. The van der Waals surface area contributed by atoms with Gasteiger partial charge in [-0.2, -0.15) is 4.31 Å². The van der Waals surface area contributed by atoms with Gasteiger partial charge in [-0.1, -0.05) is 18.0 Å². The molecule has 1 aromatic rings. The molecule has 4 saturated heterocycles. The summed E-state index contributed by atoms with van der Waals surface area (Å²) in [6.45, 7) is 0.782. The van der Waals surface area contributed by atoms with Gasteiger partial charge in [-0.25, -0.2) is 18.9 Å². The molecule has 0 saturated carbocycles.